The zero-order valence-corrected chi connectivity index (χ0v) is 18.6. The highest BCUT2D eigenvalue weighted by atomic mass is 35.5. The summed E-state index contributed by atoms with van der Waals surface area (Å²) in [5, 5.41) is 3.02. The van der Waals surface area contributed by atoms with Crippen molar-refractivity contribution < 1.29 is 18.3 Å². The Bertz CT molecular complexity index is 1380. The van der Waals surface area contributed by atoms with Crippen molar-refractivity contribution >= 4 is 38.9 Å². The molecule has 32 heavy (non-hydrogen) atoms. The molecule has 1 aromatic carbocycles. The lowest BCUT2D eigenvalue weighted by Gasteiger charge is -2.23. The lowest BCUT2D eigenvalue weighted by atomic mass is 10.0. The van der Waals surface area contributed by atoms with Crippen LogP contribution in [0.25, 0.3) is 32.8 Å². The lowest BCUT2D eigenvalue weighted by molar-refractivity contribution is -0.127. The summed E-state index contributed by atoms with van der Waals surface area (Å²) in [5.74, 6) is 0.799. The number of halogens is 2. The molecule has 0 radical (unpaired) electrons. The molecule has 0 spiro atoms. The molecule has 1 amide bonds. The third-order valence-electron chi connectivity index (χ3n) is 5.41. The second-order valence-corrected chi connectivity index (χ2v) is 8.51. The van der Waals surface area contributed by atoms with E-state index in [2.05, 4.69) is 16.5 Å². The first-order valence-electron chi connectivity index (χ1n) is 9.81. The number of nitrogens with zero attached hydrogens (tertiary/aromatic N) is 3. The minimum absolute atomic E-state index is 0.155. The first-order chi connectivity index (χ1) is 15.5. The van der Waals surface area contributed by atoms with Crippen molar-refractivity contribution in [3.05, 3.63) is 64.7 Å². The summed E-state index contributed by atoms with van der Waals surface area (Å²) in [6, 6.07) is 6.23. The third kappa shape index (κ3) is 3.36. The Kier molecular flexibility index (Phi) is 5.19. The molecular formula is C23H17ClFN3O3S. The van der Waals surface area contributed by atoms with E-state index in [1.807, 2.05) is 11.4 Å². The van der Waals surface area contributed by atoms with Gasteiger partial charge < -0.3 is 14.1 Å². The van der Waals surface area contributed by atoms with Crippen molar-refractivity contribution in [2.24, 2.45) is 0 Å². The normalized spacial score (nSPS) is 13.3. The molecule has 4 aromatic rings. The second kappa shape index (κ2) is 8.03. The van der Waals surface area contributed by atoms with Crippen molar-refractivity contribution in [2.45, 2.75) is 13.0 Å². The number of carbonyl (C=O) groups excluding carboxylic acids is 1. The molecule has 0 aliphatic carbocycles. The van der Waals surface area contributed by atoms with Crippen LogP contribution in [0.5, 0.6) is 5.75 Å². The van der Waals surface area contributed by atoms with Gasteiger partial charge in [-0.2, -0.15) is 0 Å². The van der Waals surface area contributed by atoms with Gasteiger partial charge in [-0.3, -0.25) is 4.79 Å². The van der Waals surface area contributed by atoms with Crippen LogP contribution in [0.1, 0.15) is 11.5 Å². The quantitative estimate of drug-likeness (QED) is 0.292. The second-order valence-electron chi connectivity index (χ2n) is 7.24. The van der Waals surface area contributed by atoms with E-state index in [4.69, 9.17) is 20.8 Å². The number of oxazole rings is 1. The molecule has 5 rings (SSSR count). The van der Waals surface area contributed by atoms with Gasteiger partial charge in [-0.25, -0.2) is 14.4 Å². The van der Waals surface area contributed by atoms with Crippen LogP contribution in [0.4, 0.5) is 4.39 Å². The summed E-state index contributed by atoms with van der Waals surface area (Å²) in [4.78, 5) is 22.9. The van der Waals surface area contributed by atoms with E-state index in [1.165, 1.54) is 36.7 Å². The van der Waals surface area contributed by atoms with Gasteiger partial charge in [0, 0.05) is 40.2 Å². The number of hydrogen-bond donors (Lipinski definition) is 0. The van der Waals surface area contributed by atoms with Crippen LogP contribution in [0.2, 0.25) is 5.15 Å². The average molecular weight is 470 g/mol. The third-order valence-corrected chi connectivity index (χ3v) is 6.63. The zero-order valence-electron chi connectivity index (χ0n) is 17.0. The van der Waals surface area contributed by atoms with E-state index in [9.17, 15) is 9.18 Å². The SMILES string of the molecule is C=CC(=O)N1CCc2oc(-c3nc(Cl)c4ccsc4c3-c3ccc(F)cc3OC)nc2C1. The zero-order chi connectivity index (χ0) is 22.4. The first kappa shape index (κ1) is 20.7. The van der Waals surface area contributed by atoms with Gasteiger partial charge in [-0.05, 0) is 29.7 Å². The van der Waals surface area contributed by atoms with E-state index < -0.39 is 5.82 Å². The van der Waals surface area contributed by atoms with Gasteiger partial charge in [-0.15, -0.1) is 11.3 Å². The lowest BCUT2D eigenvalue weighted by Crippen LogP contribution is -2.34. The van der Waals surface area contributed by atoms with Crippen molar-refractivity contribution in [1.82, 2.24) is 14.9 Å². The van der Waals surface area contributed by atoms with Crippen LogP contribution in [0.15, 0.2) is 46.7 Å². The monoisotopic (exact) mass is 469 g/mol. The van der Waals surface area contributed by atoms with E-state index in [-0.39, 0.29) is 5.91 Å². The topological polar surface area (TPSA) is 68.5 Å². The molecule has 1 aliphatic heterocycles. The van der Waals surface area contributed by atoms with Crippen LogP contribution in [-0.4, -0.2) is 34.4 Å². The number of fused-ring (bicyclic) bond motifs is 2. The van der Waals surface area contributed by atoms with E-state index in [0.717, 1.165) is 10.1 Å². The molecule has 0 unspecified atom stereocenters. The molecule has 0 atom stereocenters. The fraction of sp³-hybridized carbons (Fsp3) is 0.174. The van der Waals surface area contributed by atoms with Gasteiger partial charge in [0.15, 0.2) is 0 Å². The average Bonchev–Trinajstić information content (AvgIpc) is 3.45. The van der Waals surface area contributed by atoms with Gasteiger partial charge in [0.1, 0.15) is 33.9 Å². The Morgan fingerprint density at radius 3 is 3.00 bits per heavy atom. The number of aromatic nitrogens is 2. The van der Waals surface area contributed by atoms with Crippen LogP contribution in [0.3, 0.4) is 0 Å². The predicted octanol–water partition coefficient (Wildman–Crippen LogP) is 5.49. The highest BCUT2D eigenvalue weighted by molar-refractivity contribution is 7.18. The highest BCUT2D eigenvalue weighted by Crippen LogP contribution is 2.45. The minimum Gasteiger partial charge on any atom is -0.496 e. The molecule has 0 N–H and O–H groups in total. The molecule has 4 heterocycles. The van der Waals surface area contributed by atoms with Gasteiger partial charge >= 0.3 is 0 Å². The summed E-state index contributed by atoms with van der Waals surface area (Å²) in [7, 11) is 1.49. The Labute approximate surface area is 191 Å². The van der Waals surface area contributed by atoms with E-state index in [1.54, 1.807) is 11.0 Å². The van der Waals surface area contributed by atoms with Crippen LogP contribution in [0, 0.1) is 5.82 Å². The van der Waals surface area contributed by atoms with Crippen molar-refractivity contribution in [1.29, 1.82) is 0 Å². The first-order valence-corrected chi connectivity index (χ1v) is 11.1. The van der Waals surface area contributed by atoms with E-state index in [0.29, 0.717) is 64.6 Å². The van der Waals surface area contributed by atoms with Crippen molar-refractivity contribution in [3.63, 3.8) is 0 Å². The van der Waals surface area contributed by atoms with E-state index >= 15 is 0 Å². The smallest absolute Gasteiger partial charge is 0.246 e. The maximum atomic E-state index is 13.9. The maximum Gasteiger partial charge on any atom is 0.246 e. The molecule has 0 fully saturated rings. The summed E-state index contributed by atoms with van der Waals surface area (Å²) >= 11 is 7.98. The fourth-order valence-corrected chi connectivity index (χ4v) is 5.13. The van der Waals surface area contributed by atoms with Gasteiger partial charge in [-0.1, -0.05) is 18.2 Å². The molecule has 162 valence electrons. The minimum atomic E-state index is -0.407. The number of pyridine rings is 1. The van der Waals surface area contributed by atoms with Crippen LogP contribution >= 0.6 is 22.9 Å². The van der Waals surface area contributed by atoms with Gasteiger partial charge in [0.2, 0.25) is 11.8 Å². The number of hydrogen-bond acceptors (Lipinski definition) is 6. The van der Waals surface area contributed by atoms with Crippen molar-refractivity contribution in [2.75, 3.05) is 13.7 Å². The Morgan fingerprint density at radius 1 is 1.38 bits per heavy atom. The summed E-state index contributed by atoms with van der Waals surface area (Å²) < 4.78 is 26.3. The number of methoxy groups -OCH3 is 1. The Balaban J connectivity index is 1.72. The molecule has 1 aliphatic rings. The Hall–Kier alpha value is -3.23. The maximum absolute atomic E-state index is 13.9. The van der Waals surface area contributed by atoms with Gasteiger partial charge in [0.05, 0.1) is 13.7 Å². The predicted molar refractivity (Wildman–Crippen MR) is 121 cm³/mol. The number of rotatable bonds is 4. The number of thiophene rings is 1. The number of amides is 1. The van der Waals surface area contributed by atoms with Crippen LogP contribution < -0.4 is 4.74 Å². The largest absolute Gasteiger partial charge is 0.496 e. The molecule has 0 bridgehead atoms. The molecule has 0 saturated heterocycles. The summed E-state index contributed by atoms with van der Waals surface area (Å²) in [5.41, 5.74) is 2.46. The summed E-state index contributed by atoms with van der Waals surface area (Å²) in [6.45, 7) is 4.39. The standard InChI is InChI=1S/C23H17ClFN3O3S/c1-3-18(29)28-8-6-16-15(11-28)26-23(31-16)20-19(13-5-4-12(25)10-17(13)30-2)21-14(7-9-32-21)22(24)27-20/h3-5,7,9-10H,1,6,8,11H2,2H3. The Morgan fingerprint density at radius 2 is 2.22 bits per heavy atom. The van der Waals surface area contributed by atoms with Crippen molar-refractivity contribution in [3.8, 4) is 28.5 Å². The fourth-order valence-electron chi connectivity index (χ4n) is 3.88. The highest BCUT2D eigenvalue weighted by Gasteiger charge is 2.28. The molecule has 0 saturated carbocycles. The molecule has 9 heteroatoms. The molecule has 3 aromatic heterocycles. The summed E-state index contributed by atoms with van der Waals surface area (Å²) in [6.07, 6.45) is 1.82. The molecule has 6 nitrogen and oxygen atoms in total. The van der Waals surface area contributed by atoms with Crippen LogP contribution in [-0.2, 0) is 17.8 Å². The molecular weight excluding hydrogens is 453 g/mol. The number of carbonyl (C=O) groups is 1. The number of benzene rings is 1. The van der Waals surface area contributed by atoms with Gasteiger partial charge in [0.25, 0.3) is 0 Å². The number of ether oxygens (including phenoxy) is 1.